The maximum absolute atomic E-state index is 13.8. The van der Waals surface area contributed by atoms with Crippen LogP contribution in [0.1, 0.15) is 46.9 Å². The molecule has 3 rings (SSSR count). The van der Waals surface area contributed by atoms with E-state index in [2.05, 4.69) is 0 Å². The quantitative estimate of drug-likeness (QED) is 0.350. The van der Waals surface area contributed by atoms with Crippen molar-refractivity contribution >= 4 is 46.5 Å². The predicted molar refractivity (Wildman–Crippen MR) is 130 cm³/mol. The fourth-order valence-electron chi connectivity index (χ4n) is 3.86. The Balaban J connectivity index is 2.22. The van der Waals surface area contributed by atoms with Gasteiger partial charge in [-0.1, -0.05) is 85.1 Å². The minimum absolute atomic E-state index is 0.0553. The molecule has 7 heteroatoms. The Morgan fingerprint density at radius 2 is 1.42 bits per heavy atom. The summed E-state index contributed by atoms with van der Waals surface area (Å²) in [6, 6.07) is 21.3. The molecule has 0 saturated heterocycles. The van der Waals surface area contributed by atoms with Gasteiger partial charge in [-0.2, -0.15) is 0 Å². The van der Waals surface area contributed by atoms with E-state index >= 15 is 0 Å². The van der Waals surface area contributed by atoms with Gasteiger partial charge in [0, 0.05) is 23.2 Å². The Bertz CT molecular complexity index is 1150. The summed E-state index contributed by atoms with van der Waals surface area (Å²) >= 11 is 12.3. The molecule has 0 saturated carbocycles. The second kappa shape index (κ2) is 10.6. The summed E-state index contributed by atoms with van der Waals surface area (Å²) in [6.07, 6.45) is 0.0764. The molecule has 1 amide bonds. The number of hydrogen-bond donors (Lipinski definition) is 1. The van der Waals surface area contributed by atoms with Crippen molar-refractivity contribution in [1.82, 2.24) is 0 Å². The zero-order valence-corrected chi connectivity index (χ0v) is 19.5. The molecule has 5 nitrogen and oxygen atoms in total. The molecular formula is C26H23Cl2NO4. The van der Waals surface area contributed by atoms with Crippen LogP contribution in [-0.4, -0.2) is 28.3 Å². The molecule has 0 aromatic heterocycles. The number of carboxylic acid groups (broad SMARTS) is 1. The minimum Gasteiger partial charge on any atom is -0.479 e. The van der Waals surface area contributed by atoms with Crippen LogP contribution in [0.2, 0.25) is 10.0 Å². The number of hydrogen-bond acceptors (Lipinski definition) is 3. The molecule has 33 heavy (non-hydrogen) atoms. The summed E-state index contributed by atoms with van der Waals surface area (Å²) in [5.74, 6) is -2.20. The topological polar surface area (TPSA) is 74.7 Å². The first-order valence-corrected chi connectivity index (χ1v) is 11.2. The van der Waals surface area contributed by atoms with E-state index in [1.807, 2.05) is 6.92 Å². The van der Waals surface area contributed by atoms with E-state index in [0.29, 0.717) is 12.0 Å². The number of aliphatic carboxylic acids is 1. The fraction of sp³-hybridized carbons (Fsp3) is 0.192. The summed E-state index contributed by atoms with van der Waals surface area (Å²) in [6.45, 7) is 1.81. The summed E-state index contributed by atoms with van der Waals surface area (Å²) in [4.78, 5) is 41.0. The van der Waals surface area contributed by atoms with Crippen LogP contribution in [0.4, 0.5) is 5.69 Å². The predicted octanol–water partition coefficient (Wildman–Crippen LogP) is 6.54. The number of halogens is 2. The highest BCUT2D eigenvalue weighted by Crippen LogP contribution is 2.37. The van der Waals surface area contributed by atoms with Gasteiger partial charge in [0.25, 0.3) is 5.91 Å². The van der Waals surface area contributed by atoms with E-state index in [1.165, 1.54) is 23.1 Å². The molecule has 0 radical (unpaired) electrons. The van der Waals surface area contributed by atoms with Gasteiger partial charge in [0.05, 0.1) is 10.0 Å². The molecule has 1 atom stereocenters. The Hall–Kier alpha value is -3.15. The third-order valence-electron chi connectivity index (χ3n) is 5.42. The lowest BCUT2D eigenvalue weighted by Crippen LogP contribution is -2.58. The monoisotopic (exact) mass is 483 g/mol. The first-order chi connectivity index (χ1) is 15.8. The van der Waals surface area contributed by atoms with Crippen LogP contribution >= 0.6 is 23.2 Å². The highest BCUT2D eigenvalue weighted by atomic mass is 35.5. The smallest absolute Gasteiger partial charge is 0.330 e. The molecule has 0 aliphatic heterocycles. The van der Waals surface area contributed by atoms with Crippen LogP contribution < -0.4 is 4.90 Å². The van der Waals surface area contributed by atoms with Gasteiger partial charge in [-0.25, -0.2) is 4.79 Å². The number of rotatable bonds is 9. The first-order valence-electron chi connectivity index (χ1n) is 10.5. The van der Waals surface area contributed by atoms with Crippen molar-refractivity contribution in [3.8, 4) is 0 Å². The van der Waals surface area contributed by atoms with Gasteiger partial charge in [0.1, 0.15) is 0 Å². The van der Waals surface area contributed by atoms with Crippen molar-refractivity contribution in [3.05, 3.63) is 100 Å². The summed E-state index contributed by atoms with van der Waals surface area (Å²) in [7, 11) is 0. The van der Waals surface area contributed by atoms with Crippen LogP contribution in [0.25, 0.3) is 0 Å². The van der Waals surface area contributed by atoms with Gasteiger partial charge in [0.15, 0.2) is 11.3 Å². The highest BCUT2D eigenvalue weighted by molar-refractivity contribution is 6.42. The number of Topliss-reactive ketones (excluding diaryl/α,β-unsaturated/α-hetero) is 1. The van der Waals surface area contributed by atoms with Crippen molar-refractivity contribution < 1.29 is 19.5 Å². The van der Waals surface area contributed by atoms with Crippen LogP contribution in [0.3, 0.4) is 0 Å². The minimum atomic E-state index is -1.84. The van der Waals surface area contributed by atoms with Crippen LogP contribution in [0.15, 0.2) is 78.9 Å². The molecule has 1 N–H and O–H groups in total. The van der Waals surface area contributed by atoms with Gasteiger partial charge in [-0.3, -0.25) is 14.5 Å². The third kappa shape index (κ3) is 5.27. The number of benzene rings is 3. The number of carbonyl (C=O) groups is 3. The number of carboxylic acids is 1. The Morgan fingerprint density at radius 1 is 0.848 bits per heavy atom. The van der Waals surface area contributed by atoms with E-state index in [0.717, 1.165) is 0 Å². The van der Waals surface area contributed by atoms with Crippen molar-refractivity contribution in [3.63, 3.8) is 0 Å². The Labute approximate surface area is 202 Å². The molecule has 3 aromatic rings. The number of ketones is 1. The number of nitrogens with zero attached hydrogens (tertiary/aromatic N) is 1. The summed E-state index contributed by atoms with van der Waals surface area (Å²) in [5, 5.41) is 10.9. The lowest BCUT2D eigenvalue weighted by Gasteiger charge is -2.40. The number of anilines is 1. The van der Waals surface area contributed by atoms with Crippen molar-refractivity contribution in [2.24, 2.45) is 0 Å². The van der Waals surface area contributed by atoms with Crippen molar-refractivity contribution in [2.75, 3.05) is 4.90 Å². The Morgan fingerprint density at radius 3 is 1.94 bits per heavy atom. The first kappa shape index (κ1) is 24.5. The average Bonchev–Trinajstić information content (AvgIpc) is 2.82. The second-order valence-corrected chi connectivity index (χ2v) is 8.47. The highest BCUT2D eigenvalue weighted by Gasteiger charge is 2.49. The average molecular weight is 484 g/mol. The van der Waals surface area contributed by atoms with Crippen LogP contribution in [0, 0.1) is 0 Å². The molecule has 0 aliphatic rings. The van der Waals surface area contributed by atoms with Gasteiger partial charge >= 0.3 is 5.97 Å². The standard InChI is InChI=1S/C26H23Cl2NO4/c1-2-15-26(25(32)33,17-23(30)18-9-5-3-6-10-18)29(20-13-14-21(27)22(28)16-20)24(31)19-11-7-4-8-12-19/h3-14,16H,2,15,17H2,1H3,(H,32,33)/t26-/m0/s1. The van der Waals surface area contributed by atoms with Crippen molar-refractivity contribution in [2.45, 2.75) is 31.7 Å². The second-order valence-electron chi connectivity index (χ2n) is 7.66. The maximum atomic E-state index is 13.8. The van der Waals surface area contributed by atoms with E-state index in [4.69, 9.17) is 23.2 Å². The zero-order chi connectivity index (χ0) is 24.0. The molecule has 0 bridgehead atoms. The summed E-state index contributed by atoms with van der Waals surface area (Å²) < 4.78 is 0. The summed E-state index contributed by atoms with van der Waals surface area (Å²) in [5.41, 5.74) is -0.931. The molecule has 0 aliphatic carbocycles. The number of amides is 1. The van der Waals surface area contributed by atoms with Crippen LogP contribution in [-0.2, 0) is 4.79 Å². The third-order valence-corrected chi connectivity index (χ3v) is 6.16. The van der Waals surface area contributed by atoms with E-state index in [1.54, 1.807) is 60.7 Å². The molecule has 3 aromatic carbocycles. The largest absolute Gasteiger partial charge is 0.479 e. The lowest BCUT2D eigenvalue weighted by molar-refractivity contribution is -0.143. The molecule has 0 fully saturated rings. The molecule has 0 spiro atoms. The zero-order valence-electron chi connectivity index (χ0n) is 18.0. The Kier molecular flexibility index (Phi) is 7.90. The normalized spacial score (nSPS) is 12.6. The van der Waals surface area contributed by atoms with Gasteiger partial charge < -0.3 is 5.11 Å². The van der Waals surface area contributed by atoms with E-state index in [9.17, 15) is 19.5 Å². The van der Waals surface area contributed by atoms with Gasteiger partial charge in [-0.05, 0) is 36.8 Å². The maximum Gasteiger partial charge on any atom is 0.330 e. The van der Waals surface area contributed by atoms with E-state index < -0.39 is 23.8 Å². The molecule has 0 unspecified atom stereocenters. The van der Waals surface area contributed by atoms with Crippen molar-refractivity contribution in [1.29, 1.82) is 0 Å². The molecular weight excluding hydrogens is 461 g/mol. The SMILES string of the molecule is CCC[C@](CC(=O)c1ccccc1)(C(=O)O)N(C(=O)c1ccccc1)c1ccc(Cl)c(Cl)c1. The van der Waals surface area contributed by atoms with E-state index in [-0.39, 0.29) is 33.5 Å². The fourth-order valence-corrected chi connectivity index (χ4v) is 4.15. The van der Waals surface area contributed by atoms with Crippen LogP contribution in [0.5, 0.6) is 0 Å². The lowest BCUT2D eigenvalue weighted by atomic mass is 9.83. The molecule has 170 valence electrons. The number of carbonyl (C=O) groups excluding carboxylic acids is 2. The van der Waals surface area contributed by atoms with Gasteiger partial charge in [0.2, 0.25) is 0 Å². The van der Waals surface area contributed by atoms with Gasteiger partial charge in [-0.15, -0.1) is 0 Å². The molecule has 0 heterocycles.